The molecule has 0 saturated carbocycles. The molecule has 0 aliphatic heterocycles. The second kappa shape index (κ2) is 6.51. The number of H-pyrrole nitrogens is 1. The van der Waals surface area contributed by atoms with Crippen LogP contribution in [0.25, 0.3) is 0 Å². The number of likely N-dealkylation sites (N-methyl/N-ethyl adjacent to an activating group) is 1. The maximum atomic E-state index is 12.4. The number of ether oxygens (including phenoxy) is 1. The van der Waals surface area contributed by atoms with Crippen molar-refractivity contribution in [3.8, 4) is 0 Å². The average Bonchev–Trinajstić information content (AvgIpc) is 2.71. The van der Waals surface area contributed by atoms with Crippen LogP contribution in [0.4, 0.5) is 0 Å². The third-order valence-corrected chi connectivity index (χ3v) is 4.87. The van der Waals surface area contributed by atoms with Gasteiger partial charge in [-0.05, 0) is 6.92 Å². The van der Waals surface area contributed by atoms with Gasteiger partial charge in [0.25, 0.3) is 10.0 Å². The van der Waals surface area contributed by atoms with Crippen LogP contribution in [0.1, 0.15) is 18.2 Å². The number of nitrogens with one attached hydrogen (secondary N) is 1. The first-order valence-electron chi connectivity index (χ1n) is 5.57. The molecular formula is C10H18ClN3O3S. The van der Waals surface area contributed by atoms with E-state index in [9.17, 15) is 8.42 Å². The number of sulfonamides is 1. The molecule has 104 valence electrons. The van der Waals surface area contributed by atoms with E-state index in [2.05, 4.69) is 10.2 Å². The van der Waals surface area contributed by atoms with Crippen molar-refractivity contribution in [2.45, 2.75) is 24.8 Å². The lowest BCUT2D eigenvalue weighted by Crippen LogP contribution is -2.34. The molecule has 1 aromatic rings. The molecule has 0 aromatic carbocycles. The lowest BCUT2D eigenvalue weighted by atomic mass is 10.3. The zero-order valence-corrected chi connectivity index (χ0v) is 12.3. The normalized spacial score (nSPS) is 12.3. The second-order valence-electron chi connectivity index (χ2n) is 3.76. The molecule has 0 bridgehead atoms. The molecule has 6 nitrogen and oxygen atoms in total. The maximum absolute atomic E-state index is 12.4. The number of aryl methyl sites for hydroxylation is 1. The van der Waals surface area contributed by atoms with Gasteiger partial charge in [0.05, 0.1) is 12.5 Å². The van der Waals surface area contributed by atoms with Crippen molar-refractivity contribution in [2.24, 2.45) is 0 Å². The standard InChI is InChI=1S/C10H18ClN3O3S/c1-4-14(5-6-17-3)18(15,16)10-9(7-11)8(2)12-13-10/h4-7H2,1-3H3,(H,12,13). The summed E-state index contributed by atoms with van der Waals surface area (Å²) in [7, 11) is -2.09. The van der Waals surface area contributed by atoms with Gasteiger partial charge in [-0.2, -0.15) is 9.40 Å². The van der Waals surface area contributed by atoms with E-state index < -0.39 is 10.0 Å². The average molecular weight is 296 g/mol. The van der Waals surface area contributed by atoms with Gasteiger partial charge < -0.3 is 4.74 Å². The molecule has 0 unspecified atom stereocenters. The largest absolute Gasteiger partial charge is 0.383 e. The van der Waals surface area contributed by atoms with Crippen molar-refractivity contribution in [2.75, 3.05) is 26.8 Å². The number of hydrogen-bond acceptors (Lipinski definition) is 4. The number of nitrogens with zero attached hydrogens (tertiary/aromatic N) is 2. The number of alkyl halides is 1. The van der Waals surface area contributed by atoms with Crippen LogP contribution in [0.3, 0.4) is 0 Å². The van der Waals surface area contributed by atoms with Crippen LogP contribution in [0.5, 0.6) is 0 Å². The van der Waals surface area contributed by atoms with E-state index in [0.717, 1.165) is 0 Å². The maximum Gasteiger partial charge on any atom is 0.262 e. The molecule has 1 N–H and O–H groups in total. The highest BCUT2D eigenvalue weighted by molar-refractivity contribution is 7.89. The van der Waals surface area contributed by atoms with Crippen LogP contribution in [-0.2, 0) is 20.6 Å². The predicted octanol–water partition coefficient (Wildman–Crippen LogP) is 1.11. The molecular weight excluding hydrogens is 278 g/mol. The van der Waals surface area contributed by atoms with E-state index in [-0.39, 0.29) is 10.9 Å². The lowest BCUT2D eigenvalue weighted by molar-refractivity contribution is 0.180. The minimum absolute atomic E-state index is 0.00736. The van der Waals surface area contributed by atoms with E-state index >= 15 is 0 Å². The van der Waals surface area contributed by atoms with E-state index in [1.54, 1.807) is 13.8 Å². The van der Waals surface area contributed by atoms with Crippen molar-refractivity contribution in [3.63, 3.8) is 0 Å². The van der Waals surface area contributed by atoms with Gasteiger partial charge in [0, 0.05) is 31.5 Å². The van der Waals surface area contributed by atoms with Gasteiger partial charge in [0.15, 0.2) is 5.03 Å². The lowest BCUT2D eigenvalue weighted by Gasteiger charge is -2.19. The molecule has 8 heteroatoms. The molecule has 0 saturated heterocycles. The fourth-order valence-corrected chi connectivity index (χ4v) is 3.57. The molecule has 0 radical (unpaired) electrons. The molecule has 1 aromatic heterocycles. The Morgan fingerprint density at radius 2 is 2.17 bits per heavy atom. The van der Waals surface area contributed by atoms with Crippen LogP contribution in [0.15, 0.2) is 5.03 Å². The Morgan fingerprint density at radius 3 is 2.67 bits per heavy atom. The first-order valence-corrected chi connectivity index (χ1v) is 7.55. The smallest absolute Gasteiger partial charge is 0.262 e. The zero-order valence-electron chi connectivity index (χ0n) is 10.7. The third-order valence-electron chi connectivity index (χ3n) is 2.65. The van der Waals surface area contributed by atoms with Crippen molar-refractivity contribution < 1.29 is 13.2 Å². The fraction of sp³-hybridized carbons (Fsp3) is 0.700. The molecule has 0 atom stereocenters. The fourth-order valence-electron chi connectivity index (χ4n) is 1.56. The van der Waals surface area contributed by atoms with Gasteiger partial charge in [-0.25, -0.2) is 8.42 Å². The first-order chi connectivity index (χ1) is 8.48. The van der Waals surface area contributed by atoms with Crippen molar-refractivity contribution in [1.29, 1.82) is 0 Å². The zero-order chi connectivity index (χ0) is 13.8. The molecule has 0 aliphatic carbocycles. The number of halogens is 1. The van der Waals surface area contributed by atoms with Gasteiger partial charge in [-0.1, -0.05) is 6.92 Å². The summed E-state index contributed by atoms with van der Waals surface area (Å²) in [6, 6.07) is 0. The van der Waals surface area contributed by atoms with Crippen LogP contribution < -0.4 is 0 Å². The van der Waals surface area contributed by atoms with Gasteiger partial charge in [0.2, 0.25) is 0 Å². The Kier molecular flexibility index (Phi) is 5.58. The quantitative estimate of drug-likeness (QED) is 0.765. The number of methoxy groups -OCH3 is 1. The summed E-state index contributed by atoms with van der Waals surface area (Å²) in [5, 5.41) is 6.52. The SMILES string of the molecule is CCN(CCOC)S(=O)(=O)c1n[nH]c(C)c1CCl. The summed E-state index contributed by atoms with van der Waals surface area (Å²) < 4.78 is 31.0. The summed E-state index contributed by atoms with van der Waals surface area (Å²) in [5.41, 5.74) is 1.19. The summed E-state index contributed by atoms with van der Waals surface area (Å²) in [5.74, 6) is 0.110. The monoisotopic (exact) mass is 295 g/mol. The molecule has 0 spiro atoms. The van der Waals surface area contributed by atoms with Crippen molar-refractivity contribution >= 4 is 21.6 Å². The van der Waals surface area contributed by atoms with Crippen molar-refractivity contribution in [1.82, 2.24) is 14.5 Å². The minimum atomic E-state index is -3.62. The summed E-state index contributed by atoms with van der Waals surface area (Å²) in [4.78, 5) is 0. The molecule has 0 aliphatic rings. The van der Waals surface area contributed by atoms with Crippen LogP contribution in [-0.4, -0.2) is 49.7 Å². The summed E-state index contributed by atoms with van der Waals surface area (Å²) in [6.45, 7) is 4.51. The van der Waals surface area contributed by atoms with E-state index in [4.69, 9.17) is 16.3 Å². The van der Waals surface area contributed by atoms with E-state index in [0.29, 0.717) is 31.0 Å². The molecule has 18 heavy (non-hydrogen) atoms. The van der Waals surface area contributed by atoms with Crippen LogP contribution in [0, 0.1) is 6.92 Å². The predicted molar refractivity (Wildman–Crippen MR) is 69.2 cm³/mol. The first kappa shape index (κ1) is 15.4. The minimum Gasteiger partial charge on any atom is -0.383 e. The van der Waals surface area contributed by atoms with Gasteiger partial charge >= 0.3 is 0 Å². The number of aromatic nitrogens is 2. The molecule has 0 amide bonds. The Morgan fingerprint density at radius 1 is 1.50 bits per heavy atom. The summed E-state index contributed by atoms with van der Waals surface area (Å²) >= 11 is 5.77. The Hall–Kier alpha value is -0.630. The Labute approximate surface area is 112 Å². The van der Waals surface area contributed by atoms with Crippen LogP contribution >= 0.6 is 11.6 Å². The highest BCUT2D eigenvalue weighted by atomic mass is 35.5. The second-order valence-corrected chi connectivity index (χ2v) is 5.88. The number of rotatable bonds is 7. The molecule has 0 fully saturated rings. The number of aromatic amines is 1. The van der Waals surface area contributed by atoms with E-state index in [1.807, 2.05) is 0 Å². The highest BCUT2D eigenvalue weighted by Gasteiger charge is 2.29. The van der Waals surface area contributed by atoms with Crippen LogP contribution in [0.2, 0.25) is 0 Å². The van der Waals surface area contributed by atoms with Crippen molar-refractivity contribution in [3.05, 3.63) is 11.3 Å². The topological polar surface area (TPSA) is 75.3 Å². The van der Waals surface area contributed by atoms with E-state index in [1.165, 1.54) is 11.4 Å². The molecule has 1 heterocycles. The Bertz CT molecular complexity index is 487. The Balaban J connectivity index is 3.10. The number of hydrogen-bond donors (Lipinski definition) is 1. The molecule has 1 rings (SSSR count). The van der Waals surface area contributed by atoms with Gasteiger partial charge in [0.1, 0.15) is 0 Å². The van der Waals surface area contributed by atoms with Gasteiger partial charge in [-0.15, -0.1) is 11.6 Å². The highest BCUT2D eigenvalue weighted by Crippen LogP contribution is 2.21. The van der Waals surface area contributed by atoms with Gasteiger partial charge in [-0.3, -0.25) is 5.10 Å². The summed E-state index contributed by atoms with van der Waals surface area (Å²) in [6.07, 6.45) is 0. The third kappa shape index (κ3) is 3.03.